The molecule has 0 bridgehead atoms. The van der Waals surface area contributed by atoms with E-state index in [0.717, 1.165) is 11.3 Å². The zero-order valence-corrected chi connectivity index (χ0v) is 13.9. The topological polar surface area (TPSA) is 92.2 Å². The second-order valence-corrected chi connectivity index (χ2v) is 5.40. The van der Waals surface area contributed by atoms with Crippen LogP contribution in [-0.2, 0) is 0 Å². The first-order valence-corrected chi connectivity index (χ1v) is 7.74. The number of nitro benzene ring substituents is 1. The number of nitrogens with zero attached hydrogens (tertiary/aromatic N) is 3. The molecule has 26 heavy (non-hydrogen) atoms. The van der Waals surface area contributed by atoms with Crippen LogP contribution in [0.5, 0.6) is 5.75 Å². The Kier molecular flexibility index (Phi) is 4.89. The van der Waals surface area contributed by atoms with Crippen molar-refractivity contribution in [1.82, 2.24) is 4.98 Å². The summed E-state index contributed by atoms with van der Waals surface area (Å²) in [4.78, 5) is 14.5. The Bertz CT molecular complexity index is 969. The van der Waals surface area contributed by atoms with Crippen LogP contribution in [-0.4, -0.2) is 17.0 Å². The maximum atomic E-state index is 12.6. The number of hydrogen-bond acceptors (Lipinski definition) is 5. The van der Waals surface area contributed by atoms with Gasteiger partial charge < -0.3 is 9.94 Å². The number of methoxy groups -OCH3 is 1. The molecule has 2 aromatic carbocycles. The van der Waals surface area contributed by atoms with Gasteiger partial charge in [-0.1, -0.05) is 24.3 Å². The Labute approximate surface area is 149 Å². The molecule has 0 saturated carbocycles. The van der Waals surface area contributed by atoms with Gasteiger partial charge in [0.2, 0.25) is 0 Å². The summed E-state index contributed by atoms with van der Waals surface area (Å²) in [6.07, 6.45) is 4.95. The first-order valence-electron chi connectivity index (χ1n) is 7.74. The molecule has 3 aromatic rings. The van der Waals surface area contributed by atoms with Crippen molar-refractivity contribution in [2.24, 2.45) is 0 Å². The maximum Gasteiger partial charge on any atom is 0.333 e. The molecule has 0 unspecified atom stereocenters. The van der Waals surface area contributed by atoms with Gasteiger partial charge in [0.25, 0.3) is 5.69 Å². The van der Waals surface area contributed by atoms with Gasteiger partial charge >= 0.3 is 5.82 Å². The van der Waals surface area contributed by atoms with E-state index in [4.69, 9.17) is 4.74 Å². The fourth-order valence-corrected chi connectivity index (χ4v) is 2.40. The summed E-state index contributed by atoms with van der Waals surface area (Å²) in [5.74, 6) is 0.850. The molecular weight excluding hydrogens is 334 g/mol. The summed E-state index contributed by atoms with van der Waals surface area (Å²) in [7, 11) is 1.59. The molecule has 3 rings (SSSR count). The SMILES string of the molecule is COc1ccc(/C=C/c2ccnc(-c3cccc([N+](=O)[O-])c3)[n+]2[O-])cc1. The van der Waals surface area contributed by atoms with Gasteiger partial charge in [-0.2, -0.15) is 0 Å². The van der Waals surface area contributed by atoms with Gasteiger partial charge in [0.1, 0.15) is 17.6 Å². The van der Waals surface area contributed by atoms with Crippen LogP contribution in [0.15, 0.2) is 60.8 Å². The number of nitro groups is 1. The smallest absolute Gasteiger partial charge is 0.333 e. The van der Waals surface area contributed by atoms with Crippen molar-refractivity contribution in [3.05, 3.63) is 87.4 Å². The van der Waals surface area contributed by atoms with E-state index in [-0.39, 0.29) is 11.5 Å². The third-order valence-electron chi connectivity index (χ3n) is 3.75. The second kappa shape index (κ2) is 7.43. The number of aromatic nitrogens is 2. The van der Waals surface area contributed by atoms with E-state index in [2.05, 4.69) is 4.98 Å². The highest BCUT2D eigenvalue weighted by Crippen LogP contribution is 2.20. The highest BCUT2D eigenvalue weighted by molar-refractivity contribution is 5.67. The van der Waals surface area contributed by atoms with Crippen molar-refractivity contribution in [2.75, 3.05) is 7.11 Å². The zero-order chi connectivity index (χ0) is 18.5. The van der Waals surface area contributed by atoms with Crippen LogP contribution in [0.1, 0.15) is 11.3 Å². The molecular formula is C19H15N3O4. The molecule has 7 heteroatoms. The molecule has 1 aromatic heterocycles. The second-order valence-electron chi connectivity index (χ2n) is 5.40. The van der Waals surface area contributed by atoms with Crippen molar-refractivity contribution in [2.45, 2.75) is 0 Å². The van der Waals surface area contributed by atoms with Crippen molar-refractivity contribution in [3.8, 4) is 17.1 Å². The molecule has 0 amide bonds. The zero-order valence-electron chi connectivity index (χ0n) is 13.9. The molecule has 130 valence electrons. The number of ether oxygens (including phenoxy) is 1. The van der Waals surface area contributed by atoms with Gasteiger partial charge in [-0.05, 0) is 34.8 Å². The quantitative estimate of drug-likeness (QED) is 0.304. The molecule has 0 radical (unpaired) electrons. The van der Waals surface area contributed by atoms with E-state index < -0.39 is 4.92 Å². The molecule has 1 heterocycles. The summed E-state index contributed by atoms with van der Waals surface area (Å²) >= 11 is 0. The van der Waals surface area contributed by atoms with Crippen LogP contribution in [0.3, 0.4) is 0 Å². The van der Waals surface area contributed by atoms with Gasteiger partial charge in [0.05, 0.1) is 17.6 Å². The lowest BCUT2D eigenvalue weighted by Gasteiger charge is -2.09. The summed E-state index contributed by atoms with van der Waals surface area (Å²) in [5, 5.41) is 23.5. The van der Waals surface area contributed by atoms with E-state index in [9.17, 15) is 15.3 Å². The van der Waals surface area contributed by atoms with Gasteiger partial charge in [0, 0.05) is 18.2 Å². The first-order chi connectivity index (χ1) is 12.6. The average molecular weight is 349 g/mol. The van der Waals surface area contributed by atoms with Gasteiger partial charge in [-0.15, -0.1) is 0 Å². The number of non-ortho nitro benzene ring substituents is 1. The summed E-state index contributed by atoms with van der Waals surface area (Å²) in [5.41, 5.74) is 1.56. The summed E-state index contributed by atoms with van der Waals surface area (Å²) in [6.45, 7) is 0. The first kappa shape index (κ1) is 17.1. The number of benzene rings is 2. The molecule has 0 aliphatic heterocycles. The van der Waals surface area contributed by atoms with Crippen molar-refractivity contribution in [3.63, 3.8) is 0 Å². The Balaban J connectivity index is 1.93. The maximum absolute atomic E-state index is 12.6. The van der Waals surface area contributed by atoms with Crippen LogP contribution >= 0.6 is 0 Å². The Morgan fingerprint density at radius 3 is 2.58 bits per heavy atom. The standard InChI is InChI=1S/C19H15N3O4/c1-26-18-9-6-14(7-10-18)5-8-16-11-12-20-19(21(16)23)15-3-2-4-17(13-15)22(24)25/h2-13H,1H3/b8-5+. The average Bonchev–Trinajstić information content (AvgIpc) is 2.67. The van der Waals surface area contributed by atoms with Gasteiger partial charge in [0.15, 0.2) is 0 Å². The van der Waals surface area contributed by atoms with E-state index in [0.29, 0.717) is 16.0 Å². The van der Waals surface area contributed by atoms with Gasteiger partial charge in [-0.3, -0.25) is 10.1 Å². The largest absolute Gasteiger partial charge is 0.710 e. The van der Waals surface area contributed by atoms with Crippen LogP contribution in [0.4, 0.5) is 5.69 Å². The van der Waals surface area contributed by atoms with Crippen LogP contribution in [0.2, 0.25) is 0 Å². The molecule has 0 N–H and O–H groups in total. The lowest BCUT2D eigenvalue weighted by atomic mass is 10.1. The molecule has 0 saturated heterocycles. The van der Waals surface area contributed by atoms with Crippen molar-refractivity contribution in [1.29, 1.82) is 0 Å². The van der Waals surface area contributed by atoms with Gasteiger partial charge in [-0.25, -0.2) is 4.73 Å². The molecule has 0 spiro atoms. The Morgan fingerprint density at radius 2 is 1.88 bits per heavy atom. The predicted molar refractivity (Wildman–Crippen MR) is 97.2 cm³/mol. The predicted octanol–water partition coefficient (Wildman–Crippen LogP) is 3.47. The Hall–Kier alpha value is -3.74. The number of hydrogen-bond donors (Lipinski definition) is 0. The Morgan fingerprint density at radius 1 is 1.12 bits per heavy atom. The normalized spacial score (nSPS) is 10.8. The third kappa shape index (κ3) is 3.67. The van der Waals surface area contributed by atoms with E-state index in [1.807, 2.05) is 24.3 Å². The lowest BCUT2D eigenvalue weighted by Crippen LogP contribution is -2.33. The van der Waals surface area contributed by atoms with Crippen LogP contribution < -0.4 is 9.47 Å². The summed E-state index contributed by atoms with van der Waals surface area (Å²) in [6, 6.07) is 14.8. The highest BCUT2D eigenvalue weighted by Gasteiger charge is 2.16. The van der Waals surface area contributed by atoms with Crippen LogP contribution in [0, 0.1) is 15.3 Å². The minimum absolute atomic E-state index is 0.0940. The lowest BCUT2D eigenvalue weighted by molar-refractivity contribution is -0.598. The molecule has 0 atom stereocenters. The molecule has 0 aliphatic rings. The van der Waals surface area contributed by atoms with E-state index >= 15 is 0 Å². The van der Waals surface area contributed by atoms with E-state index in [1.54, 1.807) is 31.4 Å². The minimum atomic E-state index is -0.508. The van der Waals surface area contributed by atoms with Crippen molar-refractivity contribution >= 4 is 17.8 Å². The fourth-order valence-electron chi connectivity index (χ4n) is 2.40. The number of rotatable bonds is 5. The van der Waals surface area contributed by atoms with Crippen LogP contribution in [0.25, 0.3) is 23.5 Å². The summed E-state index contributed by atoms with van der Waals surface area (Å²) < 4.78 is 5.76. The molecule has 7 nitrogen and oxygen atoms in total. The third-order valence-corrected chi connectivity index (χ3v) is 3.75. The van der Waals surface area contributed by atoms with Crippen molar-refractivity contribution < 1.29 is 14.4 Å². The minimum Gasteiger partial charge on any atom is -0.710 e. The molecule has 0 fully saturated rings. The fraction of sp³-hybridized carbons (Fsp3) is 0.0526. The van der Waals surface area contributed by atoms with E-state index in [1.165, 1.54) is 24.4 Å². The highest BCUT2D eigenvalue weighted by atomic mass is 16.6. The molecule has 0 aliphatic carbocycles. The monoisotopic (exact) mass is 349 g/mol.